The maximum atomic E-state index is 13.3. The number of allylic oxidation sites excluding steroid dienone is 11. The fraction of sp³-hybridized carbons (Fsp3) is 0.797. The number of aliphatic hydroxyl groups is 11. The molecule has 0 aliphatic carbocycles. The van der Waals surface area contributed by atoms with Crippen LogP contribution in [-0.2, 0) is 33.2 Å². The number of carbonyl (C=O) groups excluding carboxylic acids is 1. The van der Waals surface area contributed by atoms with Crippen LogP contribution in [0.5, 0.6) is 0 Å². The van der Waals surface area contributed by atoms with E-state index < -0.39 is 124 Å². The average molecular weight is 1180 g/mol. The summed E-state index contributed by atoms with van der Waals surface area (Å²) in [4.78, 5) is 13.3. The lowest BCUT2D eigenvalue weighted by Crippen LogP contribution is -2.66. The van der Waals surface area contributed by atoms with E-state index in [1.54, 1.807) is 6.08 Å². The van der Waals surface area contributed by atoms with Crippen LogP contribution in [0, 0.1) is 0 Å². The number of hydrogen-bond acceptors (Lipinski definition) is 18. The molecule has 0 radical (unpaired) electrons. The lowest BCUT2D eigenvalue weighted by Gasteiger charge is -2.48. The largest absolute Gasteiger partial charge is 0.394 e. The van der Waals surface area contributed by atoms with E-state index in [1.807, 2.05) is 6.08 Å². The Morgan fingerprint density at radius 2 is 0.843 bits per heavy atom. The van der Waals surface area contributed by atoms with Crippen molar-refractivity contribution in [2.45, 2.75) is 298 Å². The van der Waals surface area contributed by atoms with Gasteiger partial charge in [0.2, 0.25) is 5.91 Å². The predicted octanol–water partition coefficient (Wildman–Crippen LogP) is 6.60. The van der Waals surface area contributed by atoms with Gasteiger partial charge in [-0.3, -0.25) is 4.79 Å². The Hall–Kier alpha value is -2.77. The fourth-order valence-electron chi connectivity index (χ4n) is 10.3. The van der Waals surface area contributed by atoms with Crippen LogP contribution >= 0.6 is 0 Å². The normalized spacial score (nSPS) is 29.9. The molecule has 83 heavy (non-hydrogen) atoms. The molecule has 0 aromatic heterocycles. The van der Waals surface area contributed by atoms with Gasteiger partial charge in [-0.25, -0.2) is 0 Å². The number of aliphatic hydroxyl groups excluding tert-OH is 11. The number of unbranched alkanes of at least 4 members (excludes halogenated alkanes) is 20. The first-order chi connectivity index (χ1) is 40.3. The highest BCUT2D eigenvalue weighted by molar-refractivity contribution is 5.76. The summed E-state index contributed by atoms with van der Waals surface area (Å²) in [6, 6.07) is -0.993. The zero-order valence-corrected chi connectivity index (χ0v) is 50.1. The van der Waals surface area contributed by atoms with Gasteiger partial charge in [0.25, 0.3) is 0 Å². The summed E-state index contributed by atoms with van der Waals surface area (Å²) in [6.45, 7) is 1.56. The summed E-state index contributed by atoms with van der Waals surface area (Å²) < 4.78 is 34.2. The molecular weight excluding hydrogens is 1070 g/mol. The van der Waals surface area contributed by atoms with Crippen molar-refractivity contribution >= 4 is 5.91 Å². The molecule has 0 bridgehead atoms. The molecule has 19 heteroatoms. The van der Waals surface area contributed by atoms with Gasteiger partial charge in [0, 0.05) is 6.42 Å². The van der Waals surface area contributed by atoms with Crippen molar-refractivity contribution in [1.29, 1.82) is 0 Å². The maximum absolute atomic E-state index is 13.3. The number of ether oxygens (including phenoxy) is 6. The summed E-state index contributed by atoms with van der Waals surface area (Å²) in [5.74, 6) is -0.292. The second-order valence-electron chi connectivity index (χ2n) is 22.5. The standard InChI is InChI=1S/C64H111NO18/c1-3-5-7-9-11-13-15-17-18-19-20-21-22-23-24-25-26-27-28-30-32-34-36-38-40-42-52(70)65-47(48(69)41-39-37-35-33-31-29-16-14-12-10-8-6-4-2)46-78-62-58(76)55(73)60(50(44-67)80-62)83-64-59(77)56(74)61(51(45-68)81-64)82-63-57(75)54(72)53(71)49(43-66)79-63/h5,7,11,13,17-18,20-21,31,33,39,41,47-51,53-64,66-69,71-77H,3-4,6,8-10,12,14-16,19,22-30,32,34-38,40,42-46H2,1-2H3,(H,65,70)/b7-5-,13-11-,18-17-,21-20-,33-31+,41-39+. The van der Waals surface area contributed by atoms with Crippen LogP contribution in [0.2, 0.25) is 0 Å². The van der Waals surface area contributed by atoms with Crippen molar-refractivity contribution in [2.75, 3.05) is 26.4 Å². The van der Waals surface area contributed by atoms with E-state index in [0.717, 1.165) is 77.0 Å². The first kappa shape index (κ1) is 74.5. The molecule has 17 atom stereocenters. The number of carbonyl (C=O) groups is 1. The monoisotopic (exact) mass is 1180 g/mol. The quantitative estimate of drug-likeness (QED) is 0.0226. The van der Waals surface area contributed by atoms with Gasteiger partial charge in [-0.2, -0.15) is 0 Å². The third-order valence-electron chi connectivity index (χ3n) is 15.5. The molecule has 0 spiro atoms. The van der Waals surface area contributed by atoms with Crippen molar-refractivity contribution in [3.05, 3.63) is 72.9 Å². The van der Waals surface area contributed by atoms with E-state index >= 15 is 0 Å². The van der Waals surface area contributed by atoms with Gasteiger partial charge in [-0.15, -0.1) is 0 Å². The van der Waals surface area contributed by atoms with Gasteiger partial charge in [0.05, 0.1) is 38.6 Å². The summed E-state index contributed by atoms with van der Waals surface area (Å²) >= 11 is 0. The maximum Gasteiger partial charge on any atom is 0.220 e. The van der Waals surface area contributed by atoms with E-state index in [4.69, 9.17) is 28.4 Å². The third-order valence-corrected chi connectivity index (χ3v) is 15.5. The predicted molar refractivity (Wildman–Crippen MR) is 318 cm³/mol. The zero-order chi connectivity index (χ0) is 60.5. The van der Waals surface area contributed by atoms with E-state index in [1.165, 1.54) is 83.5 Å². The minimum absolute atomic E-state index is 0.229. The Morgan fingerprint density at radius 3 is 1.35 bits per heavy atom. The third kappa shape index (κ3) is 29.7. The fourth-order valence-corrected chi connectivity index (χ4v) is 10.3. The van der Waals surface area contributed by atoms with Crippen molar-refractivity contribution < 1.29 is 89.4 Å². The topological polar surface area (TPSA) is 307 Å². The highest BCUT2D eigenvalue weighted by Gasteiger charge is 2.53. The van der Waals surface area contributed by atoms with Crippen LogP contribution in [0.1, 0.15) is 194 Å². The SMILES string of the molecule is CC/C=C\C/C=C\C/C=C\C/C=C\CCCCCCCCCCCCCCC(=O)NC(COC1OC(CO)C(OC2OC(CO)C(OC3OC(CO)C(O)C(O)C3O)C(O)C2O)C(O)C1O)C(O)/C=C/CC/C=C/CCCCCCCCC. The van der Waals surface area contributed by atoms with Crippen molar-refractivity contribution in [1.82, 2.24) is 5.32 Å². The van der Waals surface area contributed by atoms with Crippen molar-refractivity contribution in [3.8, 4) is 0 Å². The van der Waals surface area contributed by atoms with Crippen LogP contribution in [0.15, 0.2) is 72.9 Å². The minimum Gasteiger partial charge on any atom is -0.394 e. The van der Waals surface area contributed by atoms with Gasteiger partial charge in [0.1, 0.15) is 73.2 Å². The van der Waals surface area contributed by atoms with E-state index in [0.29, 0.717) is 12.8 Å². The summed E-state index contributed by atoms with van der Waals surface area (Å²) in [6.07, 6.45) is 28.9. The van der Waals surface area contributed by atoms with Gasteiger partial charge in [-0.1, -0.05) is 189 Å². The number of rotatable bonds is 46. The average Bonchev–Trinajstić information content (AvgIpc) is 3.57. The molecule has 3 fully saturated rings. The molecule has 3 aliphatic rings. The molecule has 3 saturated heterocycles. The number of hydrogen-bond donors (Lipinski definition) is 12. The lowest BCUT2D eigenvalue weighted by molar-refractivity contribution is -0.379. The van der Waals surface area contributed by atoms with Gasteiger partial charge < -0.3 is 89.9 Å². The molecule has 3 rings (SSSR count). The van der Waals surface area contributed by atoms with Crippen molar-refractivity contribution in [3.63, 3.8) is 0 Å². The smallest absolute Gasteiger partial charge is 0.220 e. The van der Waals surface area contributed by atoms with Crippen LogP contribution in [0.25, 0.3) is 0 Å². The van der Waals surface area contributed by atoms with Gasteiger partial charge >= 0.3 is 0 Å². The first-order valence-corrected chi connectivity index (χ1v) is 31.7. The highest BCUT2D eigenvalue weighted by atomic mass is 16.8. The Bertz CT molecular complexity index is 1790. The van der Waals surface area contributed by atoms with Crippen LogP contribution in [-0.4, -0.2) is 193 Å². The summed E-state index contributed by atoms with van der Waals surface area (Å²) in [7, 11) is 0. The zero-order valence-electron chi connectivity index (χ0n) is 50.1. The van der Waals surface area contributed by atoms with Gasteiger partial charge in [0.15, 0.2) is 18.9 Å². The first-order valence-electron chi connectivity index (χ1n) is 31.7. The van der Waals surface area contributed by atoms with Gasteiger partial charge in [-0.05, 0) is 70.6 Å². The van der Waals surface area contributed by atoms with Crippen LogP contribution < -0.4 is 5.32 Å². The van der Waals surface area contributed by atoms with Crippen LogP contribution in [0.4, 0.5) is 0 Å². The second kappa shape index (κ2) is 46.4. The molecule has 17 unspecified atom stereocenters. The molecule has 0 aromatic carbocycles. The van der Waals surface area contributed by atoms with Crippen molar-refractivity contribution in [2.24, 2.45) is 0 Å². The Balaban J connectivity index is 1.45. The molecular formula is C64H111NO18. The molecule has 480 valence electrons. The number of amides is 1. The van der Waals surface area contributed by atoms with E-state index in [2.05, 4.69) is 79.9 Å². The Kier molecular flexibility index (Phi) is 41.6. The number of nitrogens with one attached hydrogen (secondary N) is 1. The molecule has 3 aliphatic heterocycles. The van der Waals surface area contributed by atoms with E-state index in [-0.39, 0.29) is 18.9 Å². The molecule has 19 nitrogen and oxygen atoms in total. The lowest BCUT2D eigenvalue weighted by atomic mass is 9.96. The van der Waals surface area contributed by atoms with Crippen LogP contribution in [0.3, 0.4) is 0 Å². The highest BCUT2D eigenvalue weighted by Crippen LogP contribution is 2.33. The van der Waals surface area contributed by atoms with E-state index in [9.17, 15) is 61.0 Å². The Morgan fingerprint density at radius 1 is 0.446 bits per heavy atom. The molecule has 3 heterocycles. The summed E-state index contributed by atoms with van der Waals surface area (Å²) in [5, 5.41) is 120. The Labute approximate surface area is 496 Å². The summed E-state index contributed by atoms with van der Waals surface area (Å²) in [5.41, 5.74) is 0. The molecule has 0 aromatic rings. The molecule has 12 N–H and O–H groups in total. The molecule has 0 saturated carbocycles. The molecule has 1 amide bonds. The minimum atomic E-state index is -1.98. The second-order valence-corrected chi connectivity index (χ2v) is 22.5.